The third kappa shape index (κ3) is 3.19. The molecule has 1 N–H and O–H groups in total. The number of pyridine rings is 1. The number of carbonyl (C=O) groups is 2. The van der Waals surface area contributed by atoms with Crippen molar-refractivity contribution in [2.24, 2.45) is 11.8 Å². The summed E-state index contributed by atoms with van der Waals surface area (Å²) >= 11 is 0. The summed E-state index contributed by atoms with van der Waals surface area (Å²) in [4.78, 5) is 43.5. The molecular formula is C24H27N3O4. The molecule has 0 spiro atoms. The lowest BCUT2D eigenvalue weighted by molar-refractivity contribution is -0.139. The van der Waals surface area contributed by atoms with E-state index < -0.39 is 23.9 Å². The normalized spacial score (nSPS) is 27.1. The molecule has 2 amide bonds. The Morgan fingerprint density at radius 1 is 0.968 bits per heavy atom. The van der Waals surface area contributed by atoms with Gasteiger partial charge in [-0.05, 0) is 37.5 Å². The average molecular weight is 421 g/mol. The molecule has 3 aliphatic rings. The van der Waals surface area contributed by atoms with Gasteiger partial charge in [-0.3, -0.25) is 14.4 Å². The SMILES string of the molecule is O=C([C@H]1[C@H](CO)[C@H]2Cn3c(cccc3=O)[C@@H]1N2C(=O)c1ccccc1)N1CCCCC1. The molecule has 2 fully saturated rings. The number of nitrogens with zero attached hydrogens (tertiary/aromatic N) is 3. The van der Waals surface area contributed by atoms with E-state index in [1.54, 1.807) is 27.7 Å². The minimum atomic E-state index is -0.563. The molecule has 4 atom stereocenters. The first-order chi connectivity index (χ1) is 15.1. The molecule has 7 heteroatoms. The third-order valence-electron chi connectivity index (χ3n) is 7.13. The van der Waals surface area contributed by atoms with Crippen LogP contribution in [-0.2, 0) is 11.3 Å². The maximum Gasteiger partial charge on any atom is 0.254 e. The van der Waals surface area contributed by atoms with Crippen LogP contribution >= 0.6 is 0 Å². The van der Waals surface area contributed by atoms with Gasteiger partial charge in [0, 0.05) is 49.5 Å². The Morgan fingerprint density at radius 3 is 2.42 bits per heavy atom. The van der Waals surface area contributed by atoms with Gasteiger partial charge in [0.05, 0.1) is 18.0 Å². The number of aromatic nitrogens is 1. The molecule has 0 aliphatic carbocycles. The molecule has 0 unspecified atom stereocenters. The van der Waals surface area contributed by atoms with Crippen LogP contribution in [-0.4, -0.2) is 57.0 Å². The lowest BCUT2D eigenvalue weighted by atomic mass is 9.85. The average Bonchev–Trinajstić information content (AvgIpc) is 3.06. The Morgan fingerprint density at radius 2 is 1.71 bits per heavy atom. The summed E-state index contributed by atoms with van der Waals surface area (Å²) in [5.74, 6) is -1.14. The highest BCUT2D eigenvalue weighted by atomic mass is 16.3. The maximum atomic E-state index is 13.7. The Bertz CT molecular complexity index is 1040. The van der Waals surface area contributed by atoms with Gasteiger partial charge < -0.3 is 19.5 Å². The molecule has 2 saturated heterocycles. The van der Waals surface area contributed by atoms with Crippen LogP contribution in [0.25, 0.3) is 0 Å². The molecule has 0 saturated carbocycles. The van der Waals surface area contributed by atoms with Gasteiger partial charge in [-0.25, -0.2) is 0 Å². The molecule has 31 heavy (non-hydrogen) atoms. The zero-order chi connectivity index (χ0) is 21.5. The maximum absolute atomic E-state index is 13.7. The predicted octanol–water partition coefficient (Wildman–Crippen LogP) is 1.66. The highest BCUT2D eigenvalue weighted by Crippen LogP contribution is 2.49. The number of carbonyl (C=O) groups excluding carboxylic acids is 2. The van der Waals surface area contributed by atoms with Crippen LogP contribution in [0, 0.1) is 11.8 Å². The summed E-state index contributed by atoms with van der Waals surface area (Å²) in [6, 6.07) is 13.1. The molecular weight excluding hydrogens is 394 g/mol. The van der Waals surface area contributed by atoms with Crippen LogP contribution in [0.2, 0.25) is 0 Å². The first-order valence-corrected chi connectivity index (χ1v) is 11.1. The van der Waals surface area contributed by atoms with Gasteiger partial charge in [0.1, 0.15) is 0 Å². The van der Waals surface area contributed by atoms with E-state index in [0.29, 0.717) is 30.9 Å². The zero-order valence-electron chi connectivity index (χ0n) is 17.4. The van der Waals surface area contributed by atoms with E-state index in [4.69, 9.17) is 0 Å². The fourth-order valence-corrected chi connectivity index (χ4v) is 5.67. The van der Waals surface area contributed by atoms with Crippen LogP contribution in [0.5, 0.6) is 0 Å². The van der Waals surface area contributed by atoms with Crippen LogP contribution in [0.4, 0.5) is 0 Å². The van der Waals surface area contributed by atoms with Crippen LogP contribution in [0.3, 0.4) is 0 Å². The van der Waals surface area contributed by atoms with Gasteiger partial charge in [0.25, 0.3) is 11.5 Å². The Balaban J connectivity index is 1.62. The van der Waals surface area contributed by atoms with E-state index in [1.165, 1.54) is 6.07 Å². The Hall–Kier alpha value is -2.93. The van der Waals surface area contributed by atoms with Crippen molar-refractivity contribution in [1.29, 1.82) is 0 Å². The second-order valence-electron chi connectivity index (χ2n) is 8.75. The number of hydrogen-bond donors (Lipinski definition) is 1. The third-order valence-corrected chi connectivity index (χ3v) is 7.13. The number of aliphatic hydroxyl groups excluding tert-OH is 1. The highest BCUT2D eigenvalue weighted by molar-refractivity contribution is 5.96. The summed E-state index contributed by atoms with van der Waals surface area (Å²) < 4.78 is 1.68. The van der Waals surface area contributed by atoms with E-state index in [9.17, 15) is 19.5 Å². The molecule has 1 aromatic heterocycles. The number of piperidine rings is 1. The van der Waals surface area contributed by atoms with Crippen LogP contribution in [0.15, 0.2) is 53.3 Å². The summed E-state index contributed by atoms with van der Waals surface area (Å²) in [6.45, 7) is 1.50. The van der Waals surface area contributed by atoms with E-state index in [2.05, 4.69) is 0 Å². The standard InChI is InChI=1S/C24H27N3O4/c28-15-17-19-14-26-18(10-7-11-20(26)29)22(21(17)24(31)25-12-5-2-6-13-25)27(19)23(30)16-8-3-1-4-9-16/h1,3-4,7-11,17,19,21-22,28H,2,5-6,12-15H2/t17-,19-,21+,22+/m1/s1. The largest absolute Gasteiger partial charge is 0.396 e. The van der Waals surface area contributed by atoms with E-state index >= 15 is 0 Å². The lowest BCUT2D eigenvalue weighted by Crippen LogP contribution is -2.49. The highest BCUT2D eigenvalue weighted by Gasteiger charge is 2.58. The van der Waals surface area contributed by atoms with Crippen molar-refractivity contribution < 1.29 is 14.7 Å². The quantitative estimate of drug-likeness (QED) is 0.817. The van der Waals surface area contributed by atoms with Crippen molar-refractivity contribution in [3.05, 3.63) is 70.1 Å². The molecule has 2 aromatic rings. The second-order valence-corrected chi connectivity index (χ2v) is 8.75. The minimum Gasteiger partial charge on any atom is -0.396 e. The lowest BCUT2D eigenvalue weighted by Gasteiger charge is -2.38. The van der Waals surface area contributed by atoms with Crippen LogP contribution < -0.4 is 5.56 Å². The first-order valence-electron chi connectivity index (χ1n) is 11.1. The number of amides is 2. The minimum absolute atomic E-state index is 0.0122. The molecule has 5 rings (SSSR count). The van der Waals surface area contributed by atoms with Gasteiger partial charge in [-0.2, -0.15) is 0 Å². The fourth-order valence-electron chi connectivity index (χ4n) is 5.67. The van der Waals surface area contributed by atoms with Gasteiger partial charge in [0.2, 0.25) is 5.91 Å². The number of hydrogen-bond acceptors (Lipinski definition) is 4. The van der Waals surface area contributed by atoms with Crippen molar-refractivity contribution in [3.63, 3.8) is 0 Å². The van der Waals surface area contributed by atoms with E-state index in [1.807, 2.05) is 29.2 Å². The summed E-state index contributed by atoms with van der Waals surface area (Å²) in [5, 5.41) is 10.4. The molecule has 162 valence electrons. The van der Waals surface area contributed by atoms with Gasteiger partial charge >= 0.3 is 0 Å². The van der Waals surface area contributed by atoms with Crippen molar-refractivity contribution >= 4 is 11.8 Å². The van der Waals surface area contributed by atoms with Crippen molar-refractivity contribution in [2.75, 3.05) is 19.7 Å². The molecule has 0 radical (unpaired) electrons. The molecule has 3 aliphatic heterocycles. The molecule has 4 heterocycles. The molecule has 1 aromatic carbocycles. The zero-order valence-corrected chi connectivity index (χ0v) is 17.4. The summed E-state index contributed by atoms with van der Waals surface area (Å²) in [7, 11) is 0. The smallest absolute Gasteiger partial charge is 0.254 e. The summed E-state index contributed by atoms with van der Waals surface area (Å²) in [6.07, 6.45) is 3.05. The van der Waals surface area contributed by atoms with Crippen molar-refractivity contribution in [1.82, 2.24) is 14.4 Å². The fraction of sp³-hybridized carbons (Fsp3) is 0.458. The van der Waals surface area contributed by atoms with Gasteiger partial charge in [-0.1, -0.05) is 24.3 Å². The topological polar surface area (TPSA) is 82.8 Å². The number of rotatable bonds is 3. The number of likely N-dealkylation sites (tertiary alicyclic amines) is 1. The van der Waals surface area contributed by atoms with Crippen molar-refractivity contribution in [3.8, 4) is 0 Å². The van der Waals surface area contributed by atoms with E-state index in [0.717, 1.165) is 19.3 Å². The van der Waals surface area contributed by atoms with Crippen LogP contribution in [0.1, 0.15) is 41.4 Å². The Kier molecular flexibility index (Phi) is 5.14. The number of aliphatic hydroxyl groups is 1. The first kappa shape index (κ1) is 20.0. The van der Waals surface area contributed by atoms with Gasteiger partial charge in [-0.15, -0.1) is 0 Å². The molecule has 7 nitrogen and oxygen atoms in total. The number of fused-ring (bicyclic) bond motifs is 4. The second kappa shape index (κ2) is 7.96. The predicted molar refractivity (Wildman–Crippen MR) is 114 cm³/mol. The number of benzene rings is 1. The summed E-state index contributed by atoms with van der Waals surface area (Å²) in [5.41, 5.74) is 1.09. The monoisotopic (exact) mass is 421 g/mol. The Labute approximate surface area is 180 Å². The molecule has 2 bridgehead atoms. The van der Waals surface area contributed by atoms with E-state index in [-0.39, 0.29) is 24.0 Å². The van der Waals surface area contributed by atoms with Crippen molar-refractivity contribution in [2.45, 2.75) is 37.9 Å². The van der Waals surface area contributed by atoms with Gasteiger partial charge in [0.15, 0.2) is 0 Å².